The smallest absolute Gasteiger partial charge is 0.233 e. The molecule has 0 aliphatic carbocycles. The molecule has 1 aromatic rings. The lowest BCUT2D eigenvalue weighted by Crippen LogP contribution is -2.22. The second-order valence-corrected chi connectivity index (χ2v) is 3.93. The molecule has 7 heteroatoms. The Balaban J connectivity index is 3.19. The first-order chi connectivity index (χ1) is 5.61. The van der Waals surface area contributed by atoms with Crippen molar-refractivity contribution in [1.82, 2.24) is 19.7 Å². The molecule has 0 saturated carbocycles. The molecule has 0 aliphatic rings. The second kappa shape index (κ2) is 3.20. The number of hydrogen-bond acceptors (Lipinski definition) is 4. The molecule has 0 bridgehead atoms. The Morgan fingerprint density at radius 1 is 1.67 bits per heavy atom. The van der Waals surface area contributed by atoms with E-state index in [2.05, 4.69) is 15.0 Å². The van der Waals surface area contributed by atoms with Crippen molar-refractivity contribution in [3.8, 4) is 0 Å². The van der Waals surface area contributed by atoms with Crippen LogP contribution in [0.2, 0.25) is 0 Å². The Labute approximate surface area is 70.6 Å². The third-order valence-electron chi connectivity index (χ3n) is 1.43. The average molecular weight is 190 g/mol. The minimum atomic E-state index is -3.41. The fraction of sp³-hybridized carbons (Fsp3) is 0.600. The number of aromatic nitrogens is 3. The van der Waals surface area contributed by atoms with E-state index in [9.17, 15) is 8.42 Å². The summed E-state index contributed by atoms with van der Waals surface area (Å²) >= 11 is 0. The maximum Gasteiger partial charge on any atom is 0.259 e. The van der Waals surface area contributed by atoms with Gasteiger partial charge in [0.15, 0.2) is 5.03 Å². The quantitative estimate of drug-likeness (QED) is 0.677. The standard InChI is InChI=1S/C5H10N4O2S/c1-3-9-5(4-7-8-9)12(10,11)6-2/h4,6H,3H2,1-2H3. The molecule has 0 unspecified atom stereocenters. The Morgan fingerprint density at radius 3 is 2.83 bits per heavy atom. The van der Waals surface area contributed by atoms with Crippen molar-refractivity contribution in [2.75, 3.05) is 7.05 Å². The lowest BCUT2D eigenvalue weighted by molar-refractivity contribution is 0.541. The molecule has 0 aromatic carbocycles. The van der Waals surface area contributed by atoms with E-state index in [1.54, 1.807) is 6.92 Å². The molecule has 68 valence electrons. The lowest BCUT2D eigenvalue weighted by Gasteiger charge is -2.01. The molecule has 0 fully saturated rings. The van der Waals surface area contributed by atoms with Crippen molar-refractivity contribution < 1.29 is 8.42 Å². The van der Waals surface area contributed by atoms with E-state index < -0.39 is 10.0 Å². The Hall–Kier alpha value is -0.950. The minimum Gasteiger partial charge on any atom is -0.233 e. The van der Waals surface area contributed by atoms with E-state index >= 15 is 0 Å². The van der Waals surface area contributed by atoms with Crippen LogP contribution in [0.1, 0.15) is 6.92 Å². The summed E-state index contributed by atoms with van der Waals surface area (Å²) < 4.78 is 26.0. The van der Waals surface area contributed by atoms with Crippen molar-refractivity contribution in [1.29, 1.82) is 0 Å². The number of nitrogens with one attached hydrogen (secondary N) is 1. The third-order valence-corrected chi connectivity index (χ3v) is 2.83. The molecule has 1 aromatic heterocycles. The summed E-state index contributed by atoms with van der Waals surface area (Å²) in [5.41, 5.74) is 0. The van der Waals surface area contributed by atoms with Crippen molar-refractivity contribution in [3.05, 3.63) is 6.20 Å². The number of sulfonamides is 1. The van der Waals surface area contributed by atoms with E-state index in [-0.39, 0.29) is 5.03 Å². The van der Waals surface area contributed by atoms with E-state index in [0.717, 1.165) is 0 Å². The maximum absolute atomic E-state index is 11.2. The van der Waals surface area contributed by atoms with Crippen molar-refractivity contribution in [2.45, 2.75) is 18.5 Å². The molecular weight excluding hydrogens is 180 g/mol. The summed E-state index contributed by atoms with van der Waals surface area (Å²) in [6, 6.07) is 0. The first-order valence-corrected chi connectivity index (χ1v) is 4.92. The summed E-state index contributed by atoms with van der Waals surface area (Å²) in [5, 5.41) is 7.19. The van der Waals surface area contributed by atoms with Crippen LogP contribution in [-0.4, -0.2) is 30.5 Å². The topological polar surface area (TPSA) is 76.9 Å². The largest absolute Gasteiger partial charge is 0.259 e. The molecule has 0 atom stereocenters. The molecule has 0 spiro atoms. The Morgan fingerprint density at radius 2 is 2.33 bits per heavy atom. The third kappa shape index (κ3) is 1.46. The van der Waals surface area contributed by atoms with Gasteiger partial charge in [-0.1, -0.05) is 5.21 Å². The molecule has 1 rings (SSSR count). The van der Waals surface area contributed by atoms with Gasteiger partial charge < -0.3 is 0 Å². The zero-order chi connectivity index (χ0) is 9.19. The van der Waals surface area contributed by atoms with Crippen LogP contribution in [0.25, 0.3) is 0 Å². The Bertz CT molecular complexity index is 355. The fourth-order valence-corrected chi connectivity index (χ4v) is 1.62. The monoisotopic (exact) mass is 190 g/mol. The number of nitrogens with zero attached hydrogens (tertiary/aromatic N) is 3. The average Bonchev–Trinajstić information content (AvgIpc) is 2.52. The van der Waals surface area contributed by atoms with Gasteiger partial charge in [0.1, 0.15) is 0 Å². The molecule has 0 saturated heterocycles. The Kier molecular flexibility index (Phi) is 2.43. The van der Waals surface area contributed by atoms with Crippen LogP contribution in [0.5, 0.6) is 0 Å². The van der Waals surface area contributed by atoms with Crippen LogP contribution in [0.4, 0.5) is 0 Å². The lowest BCUT2D eigenvalue weighted by atomic mass is 10.7. The first kappa shape index (κ1) is 9.14. The highest BCUT2D eigenvalue weighted by Crippen LogP contribution is 2.03. The van der Waals surface area contributed by atoms with Crippen molar-refractivity contribution >= 4 is 10.0 Å². The zero-order valence-electron chi connectivity index (χ0n) is 6.85. The van der Waals surface area contributed by atoms with Crippen LogP contribution >= 0.6 is 0 Å². The van der Waals surface area contributed by atoms with Gasteiger partial charge in [0.05, 0.1) is 6.20 Å². The normalized spacial score (nSPS) is 11.8. The fourth-order valence-electron chi connectivity index (χ4n) is 0.780. The minimum absolute atomic E-state index is 0.0903. The van der Waals surface area contributed by atoms with Crippen LogP contribution in [-0.2, 0) is 16.6 Å². The molecule has 0 amide bonds. The highest BCUT2D eigenvalue weighted by Gasteiger charge is 2.16. The van der Waals surface area contributed by atoms with Crippen molar-refractivity contribution in [3.63, 3.8) is 0 Å². The predicted molar refractivity (Wildman–Crippen MR) is 41.9 cm³/mol. The molecule has 1 heterocycles. The van der Waals surface area contributed by atoms with Crippen molar-refractivity contribution in [2.24, 2.45) is 0 Å². The highest BCUT2D eigenvalue weighted by molar-refractivity contribution is 7.89. The summed E-state index contributed by atoms with van der Waals surface area (Å²) in [7, 11) is -2.06. The van der Waals surface area contributed by atoms with Gasteiger partial charge in [-0.15, -0.1) is 5.10 Å². The molecule has 6 nitrogen and oxygen atoms in total. The first-order valence-electron chi connectivity index (χ1n) is 3.44. The van der Waals surface area contributed by atoms with Gasteiger partial charge in [-0.2, -0.15) is 0 Å². The SMILES string of the molecule is CCn1nncc1S(=O)(=O)NC. The molecule has 0 radical (unpaired) electrons. The van der Waals surface area contributed by atoms with Gasteiger partial charge in [0, 0.05) is 6.54 Å². The predicted octanol–water partition coefficient (Wildman–Crippen LogP) is -0.794. The van der Waals surface area contributed by atoms with E-state index in [4.69, 9.17) is 0 Å². The molecular formula is C5H10N4O2S. The molecule has 12 heavy (non-hydrogen) atoms. The van der Waals surface area contributed by atoms with Gasteiger partial charge in [-0.25, -0.2) is 17.8 Å². The highest BCUT2D eigenvalue weighted by atomic mass is 32.2. The maximum atomic E-state index is 11.2. The second-order valence-electron chi connectivity index (χ2n) is 2.10. The number of rotatable bonds is 3. The van der Waals surface area contributed by atoms with Crippen LogP contribution in [0.3, 0.4) is 0 Å². The van der Waals surface area contributed by atoms with Gasteiger partial charge in [0.2, 0.25) is 0 Å². The van der Waals surface area contributed by atoms with Gasteiger partial charge in [0.25, 0.3) is 10.0 Å². The summed E-state index contributed by atoms with van der Waals surface area (Å²) in [4.78, 5) is 0. The van der Waals surface area contributed by atoms with E-state index in [1.165, 1.54) is 17.9 Å². The summed E-state index contributed by atoms with van der Waals surface area (Å²) in [5.74, 6) is 0. The summed E-state index contributed by atoms with van der Waals surface area (Å²) in [6.45, 7) is 2.28. The van der Waals surface area contributed by atoms with Gasteiger partial charge >= 0.3 is 0 Å². The summed E-state index contributed by atoms with van der Waals surface area (Å²) in [6.07, 6.45) is 1.22. The van der Waals surface area contributed by atoms with E-state index in [1.807, 2.05) is 0 Å². The number of hydrogen-bond donors (Lipinski definition) is 1. The van der Waals surface area contributed by atoms with Crippen LogP contribution in [0.15, 0.2) is 11.2 Å². The molecule has 0 aliphatic heterocycles. The number of aryl methyl sites for hydroxylation is 1. The zero-order valence-corrected chi connectivity index (χ0v) is 7.67. The van der Waals surface area contributed by atoms with E-state index in [0.29, 0.717) is 6.54 Å². The van der Waals surface area contributed by atoms with Gasteiger partial charge in [-0.3, -0.25) is 0 Å². The van der Waals surface area contributed by atoms with Crippen LogP contribution in [0, 0.1) is 0 Å². The van der Waals surface area contributed by atoms with Gasteiger partial charge in [-0.05, 0) is 14.0 Å². The van der Waals surface area contributed by atoms with Crippen LogP contribution < -0.4 is 4.72 Å². The molecule has 1 N–H and O–H groups in total.